The second kappa shape index (κ2) is 5.58. The van der Waals surface area contributed by atoms with Crippen LogP contribution in [0.2, 0.25) is 0 Å². The van der Waals surface area contributed by atoms with E-state index in [2.05, 4.69) is 18.7 Å². The van der Waals surface area contributed by atoms with Crippen LogP contribution in [0.1, 0.15) is 27.2 Å². The van der Waals surface area contributed by atoms with Gasteiger partial charge >= 0.3 is 0 Å². The Morgan fingerprint density at radius 3 is 2.33 bits per heavy atom. The van der Waals surface area contributed by atoms with E-state index in [1.54, 1.807) is 6.07 Å². The van der Waals surface area contributed by atoms with Gasteiger partial charge < -0.3 is 10.6 Å². The lowest BCUT2D eigenvalue weighted by Gasteiger charge is -2.30. The molecule has 6 heteroatoms. The van der Waals surface area contributed by atoms with Crippen molar-refractivity contribution in [2.45, 2.75) is 38.1 Å². The zero-order valence-electron chi connectivity index (χ0n) is 11.1. The molecule has 102 valence electrons. The zero-order valence-corrected chi connectivity index (χ0v) is 11.9. The number of primary sulfonamides is 1. The number of nitrogens with zero attached hydrogens (tertiary/aromatic N) is 1. The normalized spacial score (nSPS) is 13.3. The van der Waals surface area contributed by atoms with Gasteiger partial charge in [0.1, 0.15) is 0 Å². The maximum absolute atomic E-state index is 11.2. The minimum absolute atomic E-state index is 0.0453. The lowest BCUT2D eigenvalue weighted by molar-refractivity contribution is 0.597. The van der Waals surface area contributed by atoms with Gasteiger partial charge in [-0.2, -0.15) is 0 Å². The number of nitrogens with two attached hydrogens (primary N) is 2. The summed E-state index contributed by atoms with van der Waals surface area (Å²) in [5.41, 5.74) is 7.21. The molecular weight excluding hydrogens is 250 g/mol. The summed E-state index contributed by atoms with van der Waals surface area (Å²) < 4.78 is 22.5. The highest BCUT2D eigenvalue weighted by molar-refractivity contribution is 7.89. The van der Waals surface area contributed by atoms with Crippen LogP contribution in [0, 0.1) is 0 Å². The molecule has 18 heavy (non-hydrogen) atoms. The van der Waals surface area contributed by atoms with Gasteiger partial charge in [0, 0.05) is 12.6 Å². The van der Waals surface area contributed by atoms with E-state index in [1.165, 1.54) is 12.1 Å². The van der Waals surface area contributed by atoms with Gasteiger partial charge in [0.25, 0.3) is 0 Å². The number of hydrogen-bond donors (Lipinski definition) is 2. The van der Waals surface area contributed by atoms with Crippen molar-refractivity contribution in [1.82, 2.24) is 0 Å². The van der Waals surface area contributed by atoms with Gasteiger partial charge in [-0.05, 0) is 38.5 Å². The Morgan fingerprint density at radius 2 is 1.94 bits per heavy atom. The van der Waals surface area contributed by atoms with E-state index in [-0.39, 0.29) is 4.90 Å². The minimum atomic E-state index is -3.70. The van der Waals surface area contributed by atoms with Gasteiger partial charge in [-0.3, -0.25) is 0 Å². The monoisotopic (exact) mass is 271 g/mol. The number of hydrogen-bond acceptors (Lipinski definition) is 4. The highest BCUT2D eigenvalue weighted by Crippen LogP contribution is 2.27. The van der Waals surface area contributed by atoms with Gasteiger partial charge in [-0.1, -0.05) is 6.92 Å². The van der Waals surface area contributed by atoms with Crippen LogP contribution in [-0.2, 0) is 10.0 Å². The topological polar surface area (TPSA) is 89.4 Å². The molecule has 0 aliphatic rings. The molecule has 5 nitrogen and oxygen atoms in total. The van der Waals surface area contributed by atoms with Crippen molar-refractivity contribution in [3.05, 3.63) is 18.2 Å². The maximum Gasteiger partial charge on any atom is 0.238 e. The van der Waals surface area contributed by atoms with E-state index in [0.717, 1.165) is 18.7 Å². The molecule has 0 bridgehead atoms. The second-order valence-corrected chi connectivity index (χ2v) is 5.87. The van der Waals surface area contributed by atoms with Gasteiger partial charge in [-0.25, -0.2) is 13.6 Å². The molecule has 1 atom stereocenters. The van der Waals surface area contributed by atoms with E-state index in [9.17, 15) is 8.42 Å². The first kappa shape index (κ1) is 14.8. The molecule has 0 amide bonds. The number of anilines is 2. The van der Waals surface area contributed by atoms with Crippen molar-refractivity contribution in [1.29, 1.82) is 0 Å². The Hall–Kier alpha value is -1.27. The molecule has 1 aromatic carbocycles. The molecule has 0 radical (unpaired) electrons. The zero-order chi connectivity index (χ0) is 13.9. The van der Waals surface area contributed by atoms with Crippen LogP contribution in [0.3, 0.4) is 0 Å². The summed E-state index contributed by atoms with van der Waals surface area (Å²) in [6, 6.07) is 4.96. The third-order valence-electron chi connectivity index (χ3n) is 3.10. The molecule has 0 heterocycles. The summed E-state index contributed by atoms with van der Waals surface area (Å²) in [5, 5.41) is 5.07. The van der Waals surface area contributed by atoms with Crippen LogP contribution in [-0.4, -0.2) is 21.0 Å². The average Bonchev–Trinajstić information content (AvgIpc) is 2.30. The van der Waals surface area contributed by atoms with Crippen molar-refractivity contribution in [2.75, 3.05) is 17.2 Å². The molecule has 0 aliphatic heterocycles. The highest BCUT2D eigenvalue weighted by atomic mass is 32.2. The lowest BCUT2D eigenvalue weighted by atomic mass is 10.1. The Kier molecular flexibility index (Phi) is 4.59. The molecule has 1 unspecified atom stereocenters. The first-order valence-electron chi connectivity index (χ1n) is 6.00. The first-order chi connectivity index (χ1) is 8.31. The van der Waals surface area contributed by atoms with Gasteiger partial charge in [-0.15, -0.1) is 0 Å². The van der Waals surface area contributed by atoms with E-state index in [1.807, 2.05) is 6.92 Å². The molecule has 1 aromatic rings. The SMILES string of the molecule is CCC(C)N(CC)c1ccc(S(N)(=O)=O)cc1N. The first-order valence-corrected chi connectivity index (χ1v) is 7.54. The molecule has 0 aromatic heterocycles. The maximum atomic E-state index is 11.2. The van der Waals surface area contributed by atoms with Gasteiger partial charge in [0.05, 0.1) is 16.3 Å². The van der Waals surface area contributed by atoms with Crippen LogP contribution in [0.25, 0.3) is 0 Å². The third-order valence-corrected chi connectivity index (χ3v) is 4.01. The van der Waals surface area contributed by atoms with E-state index in [0.29, 0.717) is 11.7 Å². The highest BCUT2D eigenvalue weighted by Gasteiger charge is 2.16. The molecule has 0 saturated heterocycles. The molecule has 0 fully saturated rings. The van der Waals surface area contributed by atoms with Crippen LogP contribution < -0.4 is 15.8 Å². The van der Waals surface area contributed by atoms with E-state index in [4.69, 9.17) is 10.9 Å². The number of benzene rings is 1. The van der Waals surface area contributed by atoms with Crippen LogP contribution in [0.15, 0.2) is 23.1 Å². The molecule has 0 saturated carbocycles. The second-order valence-electron chi connectivity index (χ2n) is 4.31. The van der Waals surface area contributed by atoms with Crippen molar-refractivity contribution < 1.29 is 8.42 Å². The van der Waals surface area contributed by atoms with Gasteiger partial charge in [0.2, 0.25) is 10.0 Å². The predicted octanol–water partition coefficient (Wildman–Crippen LogP) is 1.54. The van der Waals surface area contributed by atoms with Crippen LogP contribution in [0.5, 0.6) is 0 Å². The van der Waals surface area contributed by atoms with Crippen LogP contribution in [0.4, 0.5) is 11.4 Å². The van der Waals surface area contributed by atoms with Crippen molar-refractivity contribution >= 4 is 21.4 Å². The number of rotatable bonds is 5. The Balaban J connectivity index is 3.20. The fourth-order valence-corrected chi connectivity index (χ4v) is 2.46. The fourth-order valence-electron chi connectivity index (χ4n) is 1.91. The Bertz CT molecular complexity index is 514. The Morgan fingerprint density at radius 1 is 1.33 bits per heavy atom. The van der Waals surface area contributed by atoms with Crippen molar-refractivity contribution in [2.24, 2.45) is 5.14 Å². The predicted molar refractivity (Wildman–Crippen MR) is 75.0 cm³/mol. The van der Waals surface area contributed by atoms with Gasteiger partial charge in [0.15, 0.2) is 0 Å². The molecular formula is C12H21N3O2S. The standard InChI is InChI=1S/C12H21N3O2S/c1-4-9(3)15(5-2)12-7-6-10(8-11(12)13)18(14,16)17/h6-9H,4-5,13H2,1-3H3,(H2,14,16,17). The molecule has 1 rings (SSSR count). The summed E-state index contributed by atoms with van der Waals surface area (Å²) >= 11 is 0. The fraction of sp³-hybridized carbons (Fsp3) is 0.500. The van der Waals surface area contributed by atoms with Crippen molar-refractivity contribution in [3.8, 4) is 0 Å². The quantitative estimate of drug-likeness (QED) is 0.795. The van der Waals surface area contributed by atoms with E-state index < -0.39 is 10.0 Å². The van der Waals surface area contributed by atoms with Crippen molar-refractivity contribution in [3.63, 3.8) is 0 Å². The molecule has 0 aliphatic carbocycles. The minimum Gasteiger partial charge on any atom is -0.397 e. The number of nitrogen functional groups attached to an aromatic ring is 1. The van der Waals surface area contributed by atoms with Crippen LogP contribution >= 0.6 is 0 Å². The molecule has 0 spiro atoms. The number of sulfonamides is 1. The average molecular weight is 271 g/mol. The summed E-state index contributed by atoms with van der Waals surface area (Å²) in [6.45, 7) is 7.06. The summed E-state index contributed by atoms with van der Waals surface area (Å²) in [5.74, 6) is 0. The Labute approximate surface area is 109 Å². The summed E-state index contributed by atoms with van der Waals surface area (Å²) in [7, 11) is -3.70. The molecule has 4 N–H and O–H groups in total. The summed E-state index contributed by atoms with van der Waals surface area (Å²) in [6.07, 6.45) is 0.990. The third kappa shape index (κ3) is 3.14. The smallest absolute Gasteiger partial charge is 0.238 e. The van der Waals surface area contributed by atoms with E-state index >= 15 is 0 Å². The summed E-state index contributed by atoms with van der Waals surface area (Å²) in [4.78, 5) is 2.19. The lowest BCUT2D eigenvalue weighted by Crippen LogP contribution is -2.33. The largest absolute Gasteiger partial charge is 0.397 e.